The summed E-state index contributed by atoms with van der Waals surface area (Å²) in [7, 11) is 0. The number of hydrogen-bond acceptors (Lipinski definition) is 2. The molecule has 92 valence electrons. The van der Waals surface area contributed by atoms with E-state index < -0.39 is 18.7 Å². The minimum absolute atomic E-state index is 0.130. The molecule has 1 N–H and O–H groups in total. The molecule has 0 aromatic heterocycles. The Bertz CT molecular complexity index is 396. The van der Waals surface area contributed by atoms with Gasteiger partial charge in [-0.05, 0) is 12.5 Å². The molecule has 17 heavy (non-hydrogen) atoms. The van der Waals surface area contributed by atoms with Crippen LogP contribution in [0.5, 0.6) is 0 Å². The molecule has 1 aliphatic heterocycles. The summed E-state index contributed by atoms with van der Waals surface area (Å²) in [4.78, 5) is 13.3. The van der Waals surface area contributed by atoms with Gasteiger partial charge in [-0.25, -0.2) is 0 Å². The molecule has 1 saturated heterocycles. The van der Waals surface area contributed by atoms with Gasteiger partial charge in [0.15, 0.2) is 0 Å². The zero-order chi connectivity index (χ0) is 12.4. The van der Waals surface area contributed by atoms with E-state index in [1.54, 1.807) is 4.90 Å². The number of hydrogen-bond donors (Lipinski definition) is 1. The molecule has 1 amide bonds. The summed E-state index contributed by atoms with van der Waals surface area (Å²) in [5.41, 5.74) is 0.993. The van der Waals surface area contributed by atoms with Crippen molar-refractivity contribution < 1.29 is 14.3 Å². The Morgan fingerprint density at radius 2 is 2.12 bits per heavy atom. The second-order valence-corrected chi connectivity index (χ2v) is 4.44. The zero-order valence-corrected chi connectivity index (χ0v) is 9.71. The van der Waals surface area contributed by atoms with Crippen molar-refractivity contribution in [1.29, 1.82) is 0 Å². The molecule has 1 heterocycles. The summed E-state index contributed by atoms with van der Waals surface area (Å²) in [6.07, 6.45) is -1.19. The van der Waals surface area contributed by atoms with Crippen LogP contribution in [-0.4, -0.2) is 35.2 Å². The topological polar surface area (TPSA) is 40.5 Å². The Labute approximate surface area is 99.9 Å². The highest BCUT2D eigenvalue weighted by Gasteiger charge is 2.41. The monoisotopic (exact) mass is 237 g/mol. The number of aliphatic hydroxyl groups excluding tert-OH is 1. The normalized spacial score (nSPS) is 26.3. The predicted molar refractivity (Wildman–Crippen MR) is 62.0 cm³/mol. The molecule has 0 bridgehead atoms. The third-order valence-corrected chi connectivity index (χ3v) is 3.36. The molecule has 0 radical (unpaired) electrons. The molecule has 0 aliphatic carbocycles. The first-order chi connectivity index (χ1) is 8.15. The third kappa shape index (κ3) is 2.17. The standard InChI is InChI=1S/C13H16FNO2/c1-9(10-5-3-2-4-6-10)15-8-11(7-14)12(16)13(15)17/h2-6,9,11-12,16H,7-8H2,1H3/t9-,11+,12-/m1/s1. The summed E-state index contributed by atoms with van der Waals surface area (Å²) >= 11 is 0. The van der Waals surface area contributed by atoms with Gasteiger partial charge in [-0.2, -0.15) is 0 Å². The Balaban J connectivity index is 2.16. The van der Waals surface area contributed by atoms with E-state index in [1.807, 2.05) is 37.3 Å². The van der Waals surface area contributed by atoms with Crippen LogP contribution in [0.3, 0.4) is 0 Å². The molecular weight excluding hydrogens is 221 g/mol. The number of nitrogens with zero attached hydrogens (tertiary/aromatic N) is 1. The largest absolute Gasteiger partial charge is 0.383 e. The summed E-state index contributed by atoms with van der Waals surface area (Å²) in [6.45, 7) is 1.51. The first-order valence-corrected chi connectivity index (χ1v) is 5.74. The SMILES string of the molecule is C[C@H](c1ccccc1)N1C[C@H](CF)[C@@H](O)C1=O. The maximum Gasteiger partial charge on any atom is 0.252 e. The van der Waals surface area contributed by atoms with Crippen LogP contribution in [0, 0.1) is 5.92 Å². The van der Waals surface area contributed by atoms with Crippen LogP contribution in [0.15, 0.2) is 30.3 Å². The number of benzene rings is 1. The van der Waals surface area contributed by atoms with Gasteiger partial charge in [0.2, 0.25) is 0 Å². The van der Waals surface area contributed by atoms with Gasteiger partial charge in [0.1, 0.15) is 6.10 Å². The van der Waals surface area contributed by atoms with Gasteiger partial charge in [-0.3, -0.25) is 9.18 Å². The average molecular weight is 237 g/mol. The van der Waals surface area contributed by atoms with Crippen molar-refractivity contribution in [1.82, 2.24) is 4.90 Å². The quantitative estimate of drug-likeness (QED) is 0.866. The van der Waals surface area contributed by atoms with Crippen molar-refractivity contribution in [2.45, 2.75) is 19.1 Å². The molecule has 3 atom stereocenters. The number of likely N-dealkylation sites (tertiary alicyclic amines) is 1. The smallest absolute Gasteiger partial charge is 0.252 e. The minimum atomic E-state index is -1.19. The van der Waals surface area contributed by atoms with E-state index in [-0.39, 0.29) is 18.5 Å². The lowest BCUT2D eigenvalue weighted by atomic mass is 10.1. The van der Waals surface area contributed by atoms with E-state index in [1.165, 1.54) is 0 Å². The fourth-order valence-corrected chi connectivity index (χ4v) is 2.21. The molecule has 1 aromatic rings. The van der Waals surface area contributed by atoms with E-state index in [0.717, 1.165) is 5.56 Å². The summed E-state index contributed by atoms with van der Waals surface area (Å²) in [5.74, 6) is -0.960. The predicted octanol–water partition coefficient (Wildman–Crippen LogP) is 1.54. The number of aliphatic hydroxyl groups is 1. The van der Waals surface area contributed by atoms with Crippen molar-refractivity contribution >= 4 is 5.91 Å². The first-order valence-electron chi connectivity index (χ1n) is 5.74. The molecule has 3 nitrogen and oxygen atoms in total. The number of carbonyl (C=O) groups is 1. The van der Waals surface area contributed by atoms with Gasteiger partial charge >= 0.3 is 0 Å². The molecular formula is C13H16FNO2. The number of amides is 1. The van der Waals surface area contributed by atoms with Crippen LogP contribution in [0.1, 0.15) is 18.5 Å². The van der Waals surface area contributed by atoms with Crippen LogP contribution in [-0.2, 0) is 4.79 Å². The summed E-state index contributed by atoms with van der Waals surface area (Å²) in [5, 5.41) is 9.59. The Morgan fingerprint density at radius 3 is 2.65 bits per heavy atom. The zero-order valence-electron chi connectivity index (χ0n) is 9.71. The van der Waals surface area contributed by atoms with E-state index >= 15 is 0 Å². The fourth-order valence-electron chi connectivity index (χ4n) is 2.21. The lowest BCUT2D eigenvalue weighted by molar-refractivity contribution is -0.136. The molecule has 0 unspecified atom stereocenters. The van der Waals surface area contributed by atoms with Crippen molar-refractivity contribution in [3.8, 4) is 0 Å². The van der Waals surface area contributed by atoms with Gasteiger partial charge in [-0.1, -0.05) is 30.3 Å². The van der Waals surface area contributed by atoms with E-state index in [0.29, 0.717) is 0 Å². The van der Waals surface area contributed by atoms with Crippen molar-refractivity contribution in [3.63, 3.8) is 0 Å². The Kier molecular flexibility index (Phi) is 3.43. The first kappa shape index (κ1) is 12.0. The highest BCUT2D eigenvalue weighted by Crippen LogP contribution is 2.28. The van der Waals surface area contributed by atoms with Crippen molar-refractivity contribution in [2.24, 2.45) is 5.92 Å². The van der Waals surface area contributed by atoms with Crippen LogP contribution >= 0.6 is 0 Å². The maximum atomic E-state index is 12.6. The van der Waals surface area contributed by atoms with E-state index in [9.17, 15) is 14.3 Å². The lowest BCUT2D eigenvalue weighted by Crippen LogP contribution is -2.31. The average Bonchev–Trinajstić information content (AvgIpc) is 2.66. The number of halogens is 1. The van der Waals surface area contributed by atoms with Gasteiger partial charge in [0.25, 0.3) is 5.91 Å². The van der Waals surface area contributed by atoms with Crippen LogP contribution < -0.4 is 0 Å². The van der Waals surface area contributed by atoms with Gasteiger partial charge in [0.05, 0.1) is 12.7 Å². The second kappa shape index (κ2) is 4.84. The minimum Gasteiger partial charge on any atom is -0.383 e. The van der Waals surface area contributed by atoms with Crippen LogP contribution in [0.25, 0.3) is 0 Å². The van der Waals surface area contributed by atoms with Gasteiger partial charge < -0.3 is 10.0 Å². The van der Waals surface area contributed by atoms with Crippen molar-refractivity contribution in [2.75, 3.05) is 13.2 Å². The molecule has 2 rings (SSSR count). The van der Waals surface area contributed by atoms with Crippen LogP contribution in [0.2, 0.25) is 0 Å². The summed E-state index contributed by atoms with van der Waals surface area (Å²) in [6, 6.07) is 9.42. The molecule has 4 heteroatoms. The number of carbonyl (C=O) groups excluding carboxylic acids is 1. The molecule has 1 aliphatic rings. The van der Waals surface area contributed by atoms with Crippen molar-refractivity contribution in [3.05, 3.63) is 35.9 Å². The highest BCUT2D eigenvalue weighted by molar-refractivity contribution is 5.83. The Hall–Kier alpha value is -1.42. The van der Waals surface area contributed by atoms with Gasteiger partial charge in [0, 0.05) is 12.5 Å². The second-order valence-electron chi connectivity index (χ2n) is 4.44. The highest BCUT2D eigenvalue weighted by atomic mass is 19.1. The van der Waals surface area contributed by atoms with Gasteiger partial charge in [-0.15, -0.1) is 0 Å². The van der Waals surface area contributed by atoms with E-state index in [2.05, 4.69) is 0 Å². The molecule has 1 aromatic carbocycles. The molecule has 0 spiro atoms. The number of alkyl halides is 1. The summed E-state index contributed by atoms with van der Waals surface area (Å²) < 4.78 is 12.6. The Morgan fingerprint density at radius 1 is 1.47 bits per heavy atom. The lowest BCUT2D eigenvalue weighted by Gasteiger charge is -2.24. The molecule has 1 fully saturated rings. The maximum absolute atomic E-state index is 12.6. The van der Waals surface area contributed by atoms with E-state index in [4.69, 9.17) is 0 Å². The number of rotatable bonds is 3. The fraction of sp³-hybridized carbons (Fsp3) is 0.462. The molecule has 0 saturated carbocycles. The third-order valence-electron chi connectivity index (χ3n) is 3.36. The van der Waals surface area contributed by atoms with Crippen LogP contribution in [0.4, 0.5) is 4.39 Å².